The van der Waals surface area contributed by atoms with Gasteiger partial charge in [-0.05, 0) is 69.2 Å². The number of carbonyl (C=O) groups excluding carboxylic acids is 2. The summed E-state index contributed by atoms with van der Waals surface area (Å²) in [5.41, 5.74) is 1.36. The molecular formula is C22H23N3O3S. The average molecular weight is 410 g/mol. The van der Waals surface area contributed by atoms with Crippen molar-refractivity contribution in [1.29, 1.82) is 0 Å². The third-order valence-corrected chi connectivity index (χ3v) is 5.61. The van der Waals surface area contributed by atoms with Crippen molar-refractivity contribution >= 4 is 28.2 Å². The lowest BCUT2D eigenvalue weighted by molar-refractivity contribution is -0.119. The Kier molecular flexibility index (Phi) is 5.00. The molecule has 3 aromatic rings. The molecule has 0 radical (unpaired) electrons. The van der Waals surface area contributed by atoms with Crippen LogP contribution >= 0.6 is 11.3 Å². The van der Waals surface area contributed by atoms with E-state index >= 15 is 0 Å². The number of nitrogens with one attached hydrogen (secondary N) is 1. The maximum Gasteiger partial charge on any atom is 0.249 e. The van der Waals surface area contributed by atoms with Crippen LogP contribution in [0.5, 0.6) is 5.75 Å². The van der Waals surface area contributed by atoms with Crippen LogP contribution in [0.15, 0.2) is 48.8 Å². The number of thiazole rings is 1. The first-order valence-electron chi connectivity index (χ1n) is 9.56. The van der Waals surface area contributed by atoms with E-state index in [1.807, 2.05) is 45.0 Å². The fraction of sp³-hybridized carbons (Fsp3) is 0.318. The van der Waals surface area contributed by atoms with Crippen molar-refractivity contribution in [3.05, 3.63) is 54.5 Å². The molecule has 0 saturated carbocycles. The third kappa shape index (κ3) is 4.24. The Morgan fingerprint density at radius 2 is 2.00 bits per heavy atom. The van der Waals surface area contributed by atoms with E-state index < -0.39 is 0 Å². The molecule has 1 aromatic carbocycles. The molecule has 2 aromatic heterocycles. The van der Waals surface area contributed by atoms with Crippen LogP contribution < -0.4 is 10.1 Å². The van der Waals surface area contributed by atoms with Gasteiger partial charge >= 0.3 is 0 Å². The number of hydrogen-bond donors (Lipinski definition) is 1. The second-order valence-corrected chi connectivity index (χ2v) is 9.07. The highest BCUT2D eigenvalue weighted by Crippen LogP contribution is 2.32. The molecule has 29 heavy (non-hydrogen) atoms. The van der Waals surface area contributed by atoms with E-state index in [1.165, 1.54) is 11.3 Å². The number of ketones is 1. The van der Waals surface area contributed by atoms with Crippen molar-refractivity contribution in [3.63, 3.8) is 0 Å². The molecule has 0 fully saturated rings. The van der Waals surface area contributed by atoms with Crippen molar-refractivity contribution < 1.29 is 14.3 Å². The summed E-state index contributed by atoms with van der Waals surface area (Å²) < 4.78 is 7.61. The summed E-state index contributed by atoms with van der Waals surface area (Å²) >= 11 is 1.42. The molecule has 0 aliphatic carbocycles. The number of fused-ring (bicyclic) bond motifs is 1. The minimum absolute atomic E-state index is 0.0782. The van der Waals surface area contributed by atoms with Crippen LogP contribution in [0.2, 0.25) is 0 Å². The second-order valence-electron chi connectivity index (χ2n) is 8.04. The molecule has 1 aliphatic rings. The highest BCUT2D eigenvalue weighted by molar-refractivity contribution is 7.19. The maximum absolute atomic E-state index is 12.8. The quantitative estimate of drug-likeness (QED) is 0.662. The van der Waals surface area contributed by atoms with Crippen LogP contribution in [0, 0.1) is 0 Å². The standard InChI is InChI=1S/C22H23N3O3S/c1-22(2,3)28-15-8-6-14(7-9-15)19-13-23-21(29-19)24-20(27)17-10-11-18(26)16-5-4-12-25(16)17/h4-9,12-13,17H,10-11H2,1-3H3,(H,23,24,27). The first-order chi connectivity index (χ1) is 13.8. The Hall–Kier alpha value is -2.93. The Balaban J connectivity index is 1.45. The van der Waals surface area contributed by atoms with Gasteiger partial charge in [0.05, 0.1) is 10.6 Å². The van der Waals surface area contributed by atoms with Gasteiger partial charge in [0.2, 0.25) is 5.91 Å². The fourth-order valence-electron chi connectivity index (χ4n) is 3.39. The van der Waals surface area contributed by atoms with Gasteiger partial charge in [0, 0.05) is 18.8 Å². The molecule has 0 saturated heterocycles. The van der Waals surface area contributed by atoms with Gasteiger partial charge in [0.15, 0.2) is 10.9 Å². The number of carbonyl (C=O) groups is 2. The molecule has 1 aliphatic heterocycles. The number of ether oxygens (including phenoxy) is 1. The molecule has 1 amide bonds. The van der Waals surface area contributed by atoms with Crippen LogP contribution in [-0.4, -0.2) is 26.8 Å². The molecular weight excluding hydrogens is 386 g/mol. The van der Waals surface area contributed by atoms with Crippen molar-refractivity contribution in [1.82, 2.24) is 9.55 Å². The smallest absolute Gasteiger partial charge is 0.249 e. The number of rotatable bonds is 4. The van der Waals surface area contributed by atoms with Gasteiger partial charge in [-0.25, -0.2) is 4.98 Å². The molecule has 1 atom stereocenters. The zero-order valence-electron chi connectivity index (χ0n) is 16.6. The number of nitrogens with zero attached hydrogens (tertiary/aromatic N) is 2. The van der Waals surface area contributed by atoms with Crippen molar-refractivity contribution in [2.75, 3.05) is 5.32 Å². The van der Waals surface area contributed by atoms with Gasteiger partial charge in [-0.1, -0.05) is 11.3 Å². The molecule has 0 bridgehead atoms. The van der Waals surface area contributed by atoms with Gasteiger partial charge in [-0.3, -0.25) is 9.59 Å². The van der Waals surface area contributed by atoms with Gasteiger partial charge in [0.25, 0.3) is 0 Å². The number of amides is 1. The Bertz CT molecular complexity index is 1040. The van der Waals surface area contributed by atoms with E-state index in [0.29, 0.717) is 23.7 Å². The zero-order chi connectivity index (χ0) is 20.6. The highest BCUT2D eigenvalue weighted by atomic mass is 32.1. The second kappa shape index (κ2) is 7.48. The maximum atomic E-state index is 12.8. The molecule has 150 valence electrons. The Labute approximate surface area is 173 Å². The highest BCUT2D eigenvalue weighted by Gasteiger charge is 2.30. The number of Topliss-reactive ketones (excluding diaryl/α,β-unsaturated/α-hetero) is 1. The minimum Gasteiger partial charge on any atom is -0.488 e. The van der Waals surface area contributed by atoms with E-state index in [-0.39, 0.29) is 23.3 Å². The molecule has 7 heteroatoms. The molecule has 1 unspecified atom stereocenters. The summed E-state index contributed by atoms with van der Waals surface area (Å²) in [6, 6.07) is 11.0. The summed E-state index contributed by atoms with van der Waals surface area (Å²) in [7, 11) is 0. The molecule has 4 rings (SSSR count). The van der Waals surface area contributed by atoms with Crippen molar-refractivity contribution in [2.24, 2.45) is 0 Å². The van der Waals surface area contributed by atoms with E-state index in [2.05, 4.69) is 10.3 Å². The van der Waals surface area contributed by atoms with Crippen LogP contribution in [0.4, 0.5) is 5.13 Å². The fourth-order valence-corrected chi connectivity index (χ4v) is 4.21. The lowest BCUT2D eigenvalue weighted by Gasteiger charge is -2.24. The summed E-state index contributed by atoms with van der Waals surface area (Å²) in [6.45, 7) is 6.04. The Morgan fingerprint density at radius 3 is 2.72 bits per heavy atom. The summed E-state index contributed by atoms with van der Waals surface area (Å²) in [5.74, 6) is 0.743. The van der Waals surface area contributed by atoms with E-state index in [4.69, 9.17) is 4.74 Å². The summed E-state index contributed by atoms with van der Waals surface area (Å²) in [4.78, 5) is 30.0. The number of benzene rings is 1. The SMILES string of the molecule is CC(C)(C)Oc1ccc(-c2cnc(NC(=O)C3CCC(=O)c4cccn43)s2)cc1. The van der Waals surface area contributed by atoms with Crippen molar-refractivity contribution in [3.8, 4) is 16.2 Å². The van der Waals surface area contributed by atoms with E-state index in [9.17, 15) is 9.59 Å². The first kappa shape index (κ1) is 19.4. The van der Waals surface area contributed by atoms with Crippen LogP contribution in [0.25, 0.3) is 10.4 Å². The molecule has 3 heterocycles. The zero-order valence-corrected chi connectivity index (χ0v) is 17.5. The van der Waals surface area contributed by atoms with Gasteiger partial charge < -0.3 is 14.6 Å². The van der Waals surface area contributed by atoms with Gasteiger partial charge in [0.1, 0.15) is 17.4 Å². The normalized spacial score (nSPS) is 16.4. The Morgan fingerprint density at radius 1 is 1.24 bits per heavy atom. The van der Waals surface area contributed by atoms with Crippen LogP contribution in [0.3, 0.4) is 0 Å². The first-order valence-corrected chi connectivity index (χ1v) is 10.4. The number of anilines is 1. The predicted molar refractivity (Wildman–Crippen MR) is 114 cm³/mol. The molecule has 1 N–H and O–H groups in total. The molecule has 0 spiro atoms. The number of aromatic nitrogens is 2. The van der Waals surface area contributed by atoms with Crippen LogP contribution in [-0.2, 0) is 4.79 Å². The monoisotopic (exact) mass is 409 g/mol. The third-order valence-electron chi connectivity index (χ3n) is 4.65. The van der Waals surface area contributed by atoms with E-state index in [1.54, 1.807) is 29.1 Å². The van der Waals surface area contributed by atoms with Crippen molar-refractivity contribution in [2.45, 2.75) is 45.3 Å². The lowest BCUT2D eigenvalue weighted by Crippen LogP contribution is -2.31. The topological polar surface area (TPSA) is 73.2 Å². The van der Waals surface area contributed by atoms with Crippen LogP contribution in [0.1, 0.15) is 50.1 Å². The average Bonchev–Trinajstić information content (AvgIpc) is 3.31. The molecule has 6 nitrogen and oxygen atoms in total. The lowest BCUT2D eigenvalue weighted by atomic mass is 10.0. The minimum atomic E-state index is -0.390. The summed E-state index contributed by atoms with van der Waals surface area (Å²) in [5, 5.41) is 3.45. The van der Waals surface area contributed by atoms with E-state index in [0.717, 1.165) is 16.2 Å². The summed E-state index contributed by atoms with van der Waals surface area (Å²) in [6.07, 6.45) is 4.42. The number of hydrogen-bond acceptors (Lipinski definition) is 5. The predicted octanol–water partition coefficient (Wildman–Crippen LogP) is 4.95. The largest absolute Gasteiger partial charge is 0.488 e. The van der Waals surface area contributed by atoms with Gasteiger partial charge in [-0.15, -0.1) is 0 Å². The van der Waals surface area contributed by atoms with Gasteiger partial charge in [-0.2, -0.15) is 0 Å².